The standard InChI is InChI=1S/C29H24BrO4S.2C28H28BrO4S.C25H26BrO4S/c1-29(2,30)28(32)34-26-16-10-9-15-25(26)27(31)33-21-17-19-24(20-18-21)35(22-11-5-3-6-12-22)23-13-7-4-8-14-23;1-20(29)27(30)33-23-10-8-9-21(19-23)28(31)32-22-15-17-26(18-16-22)34(24-11-4-2-5-12-24)25-13-6-3-7-14-25;1-20(29)27(30)33-26-15-9-8-14-25(26)28(31)32-21-16-18-24(19-17-21)34(22-10-4-2-5-11-22)23-12-6-3-7-13-23;1-25(2,26)24(28)30-18-19(27)17-29-20-13-15-23(16-14-20)31(21-9-5-3-6-10-21)22-11-7-4-8-12-22/h3-20H,1-2H3;2-7,11-18,20-21,23H,8-10,19H2,1H3;2-7,10-13,16-20,25-26H,8-9,14-15H2,1H3;3-16,19,27H,17-18H2,1-2H3/q4*+1. The van der Waals surface area contributed by atoms with Crippen molar-refractivity contribution in [3.05, 3.63) is 370 Å². The Morgan fingerprint density at radius 3 is 1.01 bits per heavy atom. The molecular formula is C110H106Br4O16S4+4. The molecule has 2 aliphatic carbocycles. The maximum Gasteiger partial charge on any atom is 0.347 e. The number of halogens is 4. The van der Waals surface area contributed by atoms with E-state index in [4.69, 9.17) is 37.9 Å². The Morgan fingerprint density at radius 1 is 0.343 bits per heavy atom. The van der Waals surface area contributed by atoms with E-state index in [0.717, 1.165) is 46.8 Å². The lowest BCUT2D eigenvalue weighted by molar-refractivity contribution is -0.159. The fourth-order valence-electron chi connectivity index (χ4n) is 14.2. The summed E-state index contributed by atoms with van der Waals surface area (Å²) in [5.41, 5.74) is 0.176. The van der Waals surface area contributed by atoms with E-state index >= 15 is 0 Å². The topological polar surface area (TPSA) is 214 Å². The summed E-state index contributed by atoms with van der Waals surface area (Å²) in [5.74, 6) is -1.21. The first-order valence-corrected chi connectivity index (χ1v) is 52.3. The number of hydrogen-bond donors (Lipinski definition) is 1. The van der Waals surface area contributed by atoms with Crippen LogP contribution >= 0.6 is 63.7 Å². The highest BCUT2D eigenvalue weighted by Crippen LogP contribution is 2.40. The van der Waals surface area contributed by atoms with Gasteiger partial charge < -0.3 is 43.0 Å². The number of benzene rings is 13. The molecule has 13 aromatic rings. The van der Waals surface area contributed by atoms with Crippen molar-refractivity contribution in [1.82, 2.24) is 0 Å². The van der Waals surface area contributed by atoms with Crippen LogP contribution in [-0.4, -0.2) is 96.7 Å². The molecular weight excluding hydrogens is 2030 g/mol. The molecule has 0 bridgehead atoms. The lowest BCUT2D eigenvalue weighted by Gasteiger charge is -2.29. The van der Waals surface area contributed by atoms with E-state index in [9.17, 15) is 38.7 Å². The van der Waals surface area contributed by atoms with Gasteiger partial charge in [0.25, 0.3) is 0 Å². The van der Waals surface area contributed by atoms with E-state index in [0.29, 0.717) is 42.3 Å². The molecule has 13 aromatic carbocycles. The van der Waals surface area contributed by atoms with Crippen LogP contribution in [0.4, 0.5) is 0 Å². The van der Waals surface area contributed by atoms with E-state index < -0.39 is 49.5 Å². The molecule has 690 valence electrons. The van der Waals surface area contributed by atoms with Crippen molar-refractivity contribution >= 4 is 149 Å². The molecule has 7 atom stereocenters. The van der Waals surface area contributed by atoms with Gasteiger partial charge in [-0.25, -0.2) is 4.79 Å². The van der Waals surface area contributed by atoms with Crippen LogP contribution in [-0.2, 0) is 86.6 Å². The minimum Gasteiger partial charge on any atom is -0.491 e. The van der Waals surface area contributed by atoms with E-state index in [-0.39, 0.29) is 109 Å². The highest BCUT2D eigenvalue weighted by atomic mass is 79.9. The van der Waals surface area contributed by atoms with Gasteiger partial charge in [-0.2, -0.15) is 0 Å². The first kappa shape index (κ1) is 102. The molecule has 1 N–H and O–H groups in total. The summed E-state index contributed by atoms with van der Waals surface area (Å²) in [7, 11) is -1.02. The lowest BCUT2D eigenvalue weighted by atomic mass is 9.86. The summed E-state index contributed by atoms with van der Waals surface area (Å²) in [6.07, 6.45) is 4.51. The highest BCUT2D eigenvalue weighted by Gasteiger charge is 2.39. The van der Waals surface area contributed by atoms with Crippen molar-refractivity contribution < 1.29 is 76.6 Å². The van der Waals surface area contributed by atoms with Gasteiger partial charge in [0.2, 0.25) is 0 Å². The predicted molar refractivity (Wildman–Crippen MR) is 543 cm³/mol. The van der Waals surface area contributed by atoms with E-state index in [2.05, 4.69) is 246 Å². The van der Waals surface area contributed by atoms with Crippen molar-refractivity contribution in [3.63, 3.8) is 0 Å². The molecule has 2 aliphatic rings. The Bertz CT molecular complexity index is 5720. The molecule has 0 aliphatic heterocycles. The molecule has 24 heteroatoms. The summed E-state index contributed by atoms with van der Waals surface area (Å²) in [6, 6.07) is 121. The molecule has 2 saturated carbocycles. The van der Waals surface area contributed by atoms with Gasteiger partial charge >= 0.3 is 41.8 Å². The zero-order chi connectivity index (χ0) is 94.9. The van der Waals surface area contributed by atoms with Crippen LogP contribution in [0.3, 0.4) is 0 Å². The van der Waals surface area contributed by atoms with Gasteiger partial charge in [0, 0.05) is 0 Å². The van der Waals surface area contributed by atoms with E-state index in [1.165, 1.54) is 44.1 Å². The van der Waals surface area contributed by atoms with Gasteiger partial charge in [-0.3, -0.25) is 28.8 Å². The normalized spacial score (nSPS) is 15.3. The Labute approximate surface area is 829 Å². The van der Waals surface area contributed by atoms with Gasteiger partial charge in [0.15, 0.2) is 58.7 Å². The average Bonchev–Trinajstić information content (AvgIpc) is 0.813. The van der Waals surface area contributed by atoms with Crippen molar-refractivity contribution in [3.8, 4) is 28.7 Å². The summed E-state index contributed by atoms with van der Waals surface area (Å²) < 4.78 is 42.7. The maximum absolute atomic E-state index is 13.0. The van der Waals surface area contributed by atoms with Gasteiger partial charge in [-0.1, -0.05) is 228 Å². The molecule has 0 heterocycles. The first-order chi connectivity index (χ1) is 64.7. The minimum atomic E-state index is -0.901. The summed E-state index contributed by atoms with van der Waals surface area (Å²) in [6.45, 7) is 10.1. The number of para-hydroxylation sites is 1. The second-order valence-electron chi connectivity index (χ2n) is 32.3. The third-order valence-electron chi connectivity index (χ3n) is 21.0. The van der Waals surface area contributed by atoms with Crippen LogP contribution in [0.5, 0.6) is 28.7 Å². The van der Waals surface area contributed by atoms with Crippen LogP contribution in [0.25, 0.3) is 0 Å². The average molecular weight is 2130 g/mol. The van der Waals surface area contributed by atoms with Gasteiger partial charge in [0.05, 0.1) is 55.4 Å². The number of carbonyl (C=O) groups excluding carboxylic acids is 7. The number of alkyl halides is 4. The number of aliphatic hydroxyl groups is 1. The zero-order valence-corrected chi connectivity index (χ0v) is 84.6. The Balaban J connectivity index is 0.000000161. The Kier molecular flexibility index (Phi) is 39.1. The van der Waals surface area contributed by atoms with Gasteiger partial charge in [-0.05, 0) is 293 Å². The fourth-order valence-corrected chi connectivity index (χ4v) is 23.0. The molecule has 0 radical (unpaired) electrons. The zero-order valence-electron chi connectivity index (χ0n) is 75.0. The molecule has 15 rings (SSSR count). The Morgan fingerprint density at radius 2 is 0.657 bits per heavy atom. The largest absolute Gasteiger partial charge is 0.491 e. The Hall–Kier alpha value is -10.8. The first-order valence-electron chi connectivity index (χ1n) is 44.0. The van der Waals surface area contributed by atoms with Crippen molar-refractivity contribution in [2.45, 2.75) is 188 Å². The highest BCUT2D eigenvalue weighted by molar-refractivity contribution is 9.10. The van der Waals surface area contributed by atoms with Crippen molar-refractivity contribution in [1.29, 1.82) is 0 Å². The van der Waals surface area contributed by atoms with E-state index in [1.807, 2.05) is 146 Å². The molecule has 16 nitrogen and oxygen atoms in total. The second kappa shape index (κ2) is 51.2. The SMILES string of the molecule is CC(Br)C(=O)OC1CCCC(C(=O)Oc2ccc([S+](c3ccccc3)c3ccccc3)cc2)C1.CC(Br)C(=O)OC1CCCCC1C(=O)Oc1ccc([S+](c2ccccc2)c2ccccc2)cc1.CC(C)(Br)C(=O)OCC(O)COc1ccc([S+](c2ccccc2)c2ccccc2)cc1.CC(C)(Br)C(=O)Oc1ccccc1C(=O)Oc1ccc([S+](c2ccccc2)c2ccccc2)cc1. The number of esters is 7. The van der Waals surface area contributed by atoms with Crippen LogP contribution in [0.15, 0.2) is 423 Å². The third-order valence-corrected chi connectivity index (χ3v) is 31.3. The molecule has 0 spiro atoms. The monoisotopic (exact) mass is 2130 g/mol. The van der Waals surface area contributed by atoms with Crippen molar-refractivity contribution in [2.75, 3.05) is 13.2 Å². The molecule has 0 amide bonds. The van der Waals surface area contributed by atoms with Gasteiger partial charge in [0.1, 0.15) is 84.1 Å². The maximum atomic E-state index is 13.0. The van der Waals surface area contributed by atoms with E-state index in [1.54, 1.807) is 77.9 Å². The second-order valence-corrected chi connectivity index (χ2v) is 47.1. The minimum absolute atomic E-state index is 0.0401. The van der Waals surface area contributed by atoms with Crippen LogP contribution < -0.4 is 23.7 Å². The van der Waals surface area contributed by atoms with Crippen LogP contribution in [0, 0.1) is 11.8 Å². The summed E-state index contributed by atoms with van der Waals surface area (Å²) in [4.78, 5) is 100. The third kappa shape index (κ3) is 30.6. The quantitative estimate of drug-likeness (QED) is 0.0146. The molecule has 134 heavy (non-hydrogen) atoms. The number of ether oxygens (including phenoxy) is 8. The number of aliphatic hydroxyl groups excluding tert-OH is 1. The molecule has 7 unspecified atom stereocenters. The fraction of sp³-hybridized carbons (Fsp3) is 0.227. The smallest absolute Gasteiger partial charge is 0.347 e. The summed E-state index contributed by atoms with van der Waals surface area (Å²) in [5, 5.41) is 10.0. The molecule has 0 aromatic heterocycles. The molecule has 2 fully saturated rings. The molecule has 0 saturated heterocycles. The number of hydrogen-bond acceptors (Lipinski definition) is 16. The lowest BCUT2D eigenvalue weighted by Crippen LogP contribution is -2.38. The predicted octanol–water partition coefficient (Wildman–Crippen LogP) is 25.5. The number of rotatable bonds is 30. The van der Waals surface area contributed by atoms with Crippen LogP contribution in [0.1, 0.15) is 103 Å². The summed E-state index contributed by atoms with van der Waals surface area (Å²) >= 11 is 13.0. The van der Waals surface area contributed by atoms with Crippen molar-refractivity contribution in [2.24, 2.45) is 11.8 Å². The number of carbonyl (C=O) groups is 7. The van der Waals surface area contributed by atoms with Crippen LogP contribution in [0.2, 0.25) is 0 Å². The van der Waals surface area contributed by atoms with Gasteiger partial charge in [-0.15, -0.1) is 0 Å².